The lowest BCUT2D eigenvalue weighted by Gasteiger charge is -2.29. The van der Waals surface area contributed by atoms with Crippen LogP contribution in [0.1, 0.15) is 18.9 Å². The van der Waals surface area contributed by atoms with Crippen LogP contribution in [-0.2, 0) is 0 Å². The number of nitrogens with two attached hydrogens (primary N) is 1. The number of piperidine rings is 1. The number of likely N-dealkylation sites (tertiary alicyclic amines) is 1. The van der Waals surface area contributed by atoms with Gasteiger partial charge in [0.25, 0.3) is 0 Å². The van der Waals surface area contributed by atoms with Gasteiger partial charge in [0.1, 0.15) is 11.8 Å². The Morgan fingerprint density at radius 1 is 1.24 bits per heavy atom. The van der Waals surface area contributed by atoms with Crippen molar-refractivity contribution < 1.29 is 0 Å². The molecule has 1 aliphatic heterocycles. The van der Waals surface area contributed by atoms with Crippen LogP contribution in [0.4, 0.5) is 5.82 Å². The number of nitrogens with zero attached hydrogens (tertiary/aromatic N) is 6. The topological polar surface area (TPSA) is 106 Å². The second-order valence-electron chi connectivity index (χ2n) is 6.10. The van der Waals surface area contributed by atoms with Gasteiger partial charge >= 0.3 is 5.69 Å². The standard InChI is InChI=1S/C17H17N7O/c18-10-22-8-4-7-13(9-22)24-16-14(15(19)20-11-21-16)23(17(24)25)12-5-2-1-3-6-12/h1-3,5-6,11,13H,4,7-9H2,(H2,19,20,21). The second kappa shape index (κ2) is 5.94. The number of anilines is 1. The first-order valence-corrected chi connectivity index (χ1v) is 8.14. The summed E-state index contributed by atoms with van der Waals surface area (Å²) in [5, 5.41) is 9.20. The van der Waals surface area contributed by atoms with Crippen molar-refractivity contribution in [1.29, 1.82) is 5.26 Å². The lowest BCUT2D eigenvalue weighted by molar-refractivity contribution is 0.244. The number of benzene rings is 1. The molecule has 1 unspecified atom stereocenters. The molecule has 8 heteroatoms. The Balaban J connectivity index is 1.98. The molecule has 126 valence electrons. The maximum atomic E-state index is 13.2. The zero-order chi connectivity index (χ0) is 17.4. The highest BCUT2D eigenvalue weighted by Gasteiger charge is 2.27. The largest absolute Gasteiger partial charge is 0.382 e. The van der Waals surface area contributed by atoms with E-state index in [1.54, 1.807) is 14.0 Å². The quantitative estimate of drug-likeness (QED) is 0.707. The molecule has 1 aromatic carbocycles. The smallest absolute Gasteiger partial charge is 0.335 e. The lowest BCUT2D eigenvalue weighted by atomic mass is 10.1. The van der Waals surface area contributed by atoms with E-state index in [2.05, 4.69) is 16.2 Å². The Labute approximate surface area is 143 Å². The molecule has 1 atom stereocenters. The molecule has 0 saturated carbocycles. The number of rotatable bonds is 2. The molecule has 0 aliphatic carbocycles. The maximum Gasteiger partial charge on any atom is 0.335 e. The van der Waals surface area contributed by atoms with Crippen LogP contribution in [0.3, 0.4) is 0 Å². The summed E-state index contributed by atoms with van der Waals surface area (Å²) in [6, 6.07) is 9.19. The minimum atomic E-state index is -0.210. The summed E-state index contributed by atoms with van der Waals surface area (Å²) in [6.07, 6.45) is 5.21. The van der Waals surface area contributed by atoms with E-state index in [9.17, 15) is 10.1 Å². The van der Waals surface area contributed by atoms with Gasteiger partial charge in [-0.05, 0) is 25.0 Å². The molecular formula is C17H17N7O. The number of hydrogen-bond acceptors (Lipinski definition) is 6. The third-order valence-corrected chi connectivity index (χ3v) is 4.60. The predicted molar refractivity (Wildman–Crippen MR) is 93.0 cm³/mol. The summed E-state index contributed by atoms with van der Waals surface area (Å²) >= 11 is 0. The first-order chi connectivity index (χ1) is 12.2. The summed E-state index contributed by atoms with van der Waals surface area (Å²) in [5.74, 6) is 0.262. The molecule has 3 aromatic rings. The molecule has 0 amide bonds. The average Bonchev–Trinajstić information content (AvgIpc) is 2.96. The molecule has 8 nitrogen and oxygen atoms in total. The molecule has 1 aliphatic rings. The number of fused-ring (bicyclic) bond motifs is 1. The molecule has 0 radical (unpaired) electrons. The van der Waals surface area contributed by atoms with Gasteiger partial charge in [-0.2, -0.15) is 5.26 Å². The number of hydrogen-bond donors (Lipinski definition) is 1. The predicted octanol–water partition coefficient (Wildman–Crippen LogP) is 1.28. The third kappa shape index (κ3) is 2.41. The molecule has 4 rings (SSSR count). The van der Waals surface area contributed by atoms with Crippen LogP contribution < -0.4 is 11.4 Å². The maximum absolute atomic E-state index is 13.2. The van der Waals surface area contributed by atoms with Crippen LogP contribution in [0.25, 0.3) is 16.9 Å². The van der Waals surface area contributed by atoms with Gasteiger partial charge in [0.05, 0.1) is 11.7 Å². The number of nitrogen functional groups attached to an aromatic ring is 1. The van der Waals surface area contributed by atoms with Crippen LogP contribution in [0.15, 0.2) is 41.5 Å². The molecular weight excluding hydrogens is 318 g/mol. The van der Waals surface area contributed by atoms with E-state index in [-0.39, 0.29) is 17.5 Å². The van der Waals surface area contributed by atoms with E-state index < -0.39 is 0 Å². The highest BCUT2D eigenvalue weighted by molar-refractivity contribution is 5.84. The van der Waals surface area contributed by atoms with Crippen LogP contribution in [0.2, 0.25) is 0 Å². The van der Waals surface area contributed by atoms with E-state index in [4.69, 9.17) is 5.73 Å². The fraction of sp³-hybridized carbons (Fsp3) is 0.294. The van der Waals surface area contributed by atoms with E-state index in [0.717, 1.165) is 19.4 Å². The lowest BCUT2D eigenvalue weighted by Crippen LogP contribution is -2.37. The minimum absolute atomic E-state index is 0.123. The van der Waals surface area contributed by atoms with Crippen molar-refractivity contribution in [3.63, 3.8) is 0 Å². The fourth-order valence-electron chi connectivity index (χ4n) is 3.47. The van der Waals surface area contributed by atoms with Gasteiger partial charge in [-0.3, -0.25) is 9.13 Å². The molecule has 2 N–H and O–H groups in total. The normalized spacial score (nSPS) is 17.6. The van der Waals surface area contributed by atoms with E-state index in [1.807, 2.05) is 30.3 Å². The average molecular weight is 335 g/mol. The number of para-hydroxylation sites is 1. The molecule has 1 fully saturated rings. The SMILES string of the molecule is N#CN1CCCC(n2c(=O)n(-c3ccccc3)c3c(N)ncnc32)C1. The Morgan fingerprint density at radius 3 is 2.80 bits per heavy atom. The Kier molecular flexibility index (Phi) is 3.61. The molecule has 0 bridgehead atoms. The van der Waals surface area contributed by atoms with Gasteiger partial charge in [-0.1, -0.05) is 18.2 Å². The van der Waals surface area contributed by atoms with Gasteiger partial charge in [0.15, 0.2) is 17.7 Å². The van der Waals surface area contributed by atoms with Crippen molar-refractivity contribution in [3.05, 3.63) is 47.1 Å². The molecule has 25 heavy (non-hydrogen) atoms. The van der Waals surface area contributed by atoms with Crippen molar-refractivity contribution in [2.45, 2.75) is 18.9 Å². The van der Waals surface area contributed by atoms with Crippen molar-refractivity contribution in [2.75, 3.05) is 18.8 Å². The molecule has 0 spiro atoms. The van der Waals surface area contributed by atoms with Crippen molar-refractivity contribution in [3.8, 4) is 11.9 Å². The van der Waals surface area contributed by atoms with Crippen LogP contribution in [0.5, 0.6) is 0 Å². The zero-order valence-corrected chi connectivity index (χ0v) is 13.5. The van der Waals surface area contributed by atoms with E-state index in [0.29, 0.717) is 23.4 Å². The van der Waals surface area contributed by atoms with Crippen LogP contribution in [-0.4, -0.2) is 37.1 Å². The molecule has 3 heterocycles. The molecule has 2 aromatic heterocycles. The van der Waals surface area contributed by atoms with Crippen molar-refractivity contribution in [2.24, 2.45) is 0 Å². The highest BCUT2D eigenvalue weighted by atomic mass is 16.2. The van der Waals surface area contributed by atoms with Crippen LogP contribution in [0, 0.1) is 11.5 Å². The summed E-state index contributed by atoms with van der Waals surface area (Å²) in [6.45, 7) is 1.21. The van der Waals surface area contributed by atoms with Gasteiger partial charge < -0.3 is 10.6 Å². The first-order valence-electron chi connectivity index (χ1n) is 8.14. The van der Waals surface area contributed by atoms with Gasteiger partial charge in [-0.25, -0.2) is 14.8 Å². The monoisotopic (exact) mass is 335 g/mol. The van der Waals surface area contributed by atoms with E-state index >= 15 is 0 Å². The highest BCUT2D eigenvalue weighted by Crippen LogP contribution is 2.26. The van der Waals surface area contributed by atoms with Crippen LogP contribution >= 0.6 is 0 Å². The second-order valence-corrected chi connectivity index (χ2v) is 6.10. The van der Waals surface area contributed by atoms with Gasteiger partial charge in [0, 0.05) is 13.1 Å². The van der Waals surface area contributed by atoms with E-state index in [1.165, 1.54) is 6.33 Å². The Morgan fingerprint density at radius 2 is 2.04 bits per heavy atom. The summed E-state index contributed by atoms with van der Waals surface area (Å²) < 4.78 is 3.21. The number of nitriles is 1. The number of aromatic nitrogens is 4. The summed E-state index contributed by atoms with van der Waals surface area (Å²) in [7, 11) is 0. The molecule has 1 saturated heterocycles. The minimum Gasteiger partial charge on any atom is -0.382 e. The fourth-order valence-corrected chi connectivity index (χ4v) is 3.47. The Hall–Kier alpha value is -3.34. The van der Waals surface area contributed by atoms with Crippen molar-refractivity contribution >= 4 is 17.0 Å². The summed E-state index contributed by atoms with van der Waals surface area (Å²) in [5.41, 5.74) is 7.59. The third-order valence-electron chi connectivity index (χ3n) is 4.60. The van der Waals surface area contributed by atoms with Gasteiger partial charge in [0.2, 0.25) is 0 Å². The Bertz CT molecular complexity index is 1020. The summed E-state index contributed by atoms with van der Waals surface area (Å²) in [4.78, 5) is 23.3. The first kappa shape index (κ1) is 15.2. The zero-order valence-electron chi connectivity index (χ0n) is 13.5. The van der Waals surface area contributed by atoms with Gasteiger partial charge in [-0.15, -0.1) is 0 Å². The van der Waals surface area contributed by atoms with Crippen molar-refractivity contribution in [1.82, 2.24) is 24.0 Å². The number of imidazole rings is 1.